The molecule has 0 aromatic heterocycles. The topological polar surface area (TPSA) is 0 Å². The van der Waals surface area contributed by atoms with E-state index in [4.69, 9.17) is 0 Å². The Morgan fingerprint density at radius 3 is 1.86 bits per heavy atom. The highest BCUT2D eigenvalue weighted by Crippen LogP contribution is 2.31. The molecule has 41 valence electrons. The van der Waals surface area contributed by atoms with Crippen molar-refractivity contribution in [3.8, 4) is 0 Å². The van der Waals surface area contributed by atoms with E-state index >= 15 is 0 Å². The van der Waals surface area contributed by atoms with Crippen molar-refractivity contribution in [1.82, 2.24) is 0 Å². The third-order valence-corrected chi connectivity index (χ3v) is 1.50. The van der Waals surface area contributed by atoms with E-state index in [9.17, 15) is 4.39 Å². The minimum absolute atomic E-state index is 0.674. The molecule has 0 bridgehead atoms. The minimum Gasteiger partial charge on any atom is -0.244 e. The SMILES string of the molecule is [CH2]C1(F)CCCC1. The second kappa shape index (κ2) is 1.46. The lowest BCUT2D eigenvalue weighted by molar-refractivity contribution is 0.236. The Morgan fingerprint density at radius 1 is 1.29 bits per heavy atom. The zero-order chi connectivity index (χ0) is 5.33. The molecule has 1 heteroatoms. The van der Waals surface area contributed by atoms with Crippen LogP contribution in [0.1, 0.15) is 25.7 Å². The molecule has 0 saturated heterocycles. The van der Waals surface area contributed by atoms with Gasteiger partial charge in [-0.05, 0) is 19.8 Å². The third-order valence-electron chi connectivity index (χ3n) is 1.50. The highest BCUT2D eigenvalue weighted by Gasteiger charge is 2.27. The smallest absolute Gasteiger partial charge is 0.111 e. The number of alkyl halides is 1. The maximum absolute atomic E-state index is 12.5. The first-order chi connectivity index (χ1) is 3.21. The van der Waals surface area contributed by atoms with E-state index in [1.165, 1.54) is 0 Å². The highest BCUT2D eigenvalue weighted by atomic mass is 19.1. The molecular weight excluding hydrogens is 91.1 g/mol. The molecule has 0 heterocycles. The lowest BCUT2D eigenvalue weighted by Gasteiger charge is -2.08. The van der Waals surface area contributed by atoms with E-state index in [-0.39, 0.29) is 0 Å². The molecule has 1 aliphatic rings. The molecule has 1 saturated carbocycles. The van der Waals surface area contributed by atoms with Crippen molar-refractivity contribution < 1.29 is 4.39 Å². The summed E-state index contributed by atoms with van der Waals surface area (Å²) in [7, 11) is 0. The fourth-order valence-electron chi connectivity index (χ4n) is 1.01. The van der Waals surface area contributed by atoms with Gasteiger partial charge in [-0.25, -0.2) is 4.39 Å². The molecule has 1 rings (SSSR count). The van der Waals surface area contributed by atoms with Crippen molar-refractivity contribution in [2.24, 2.45) is 0 Å². The van der Waals surface area contributed by atoms with Crippen LogP contribution in [0.25, 0.3) is 0 Å². The van der Waals surface area contributed by atoms with Crippen molar-refractivity contribution in [3.05, 3.63) is 6.92 Å². The van der Waals surface area contributed by atoms with Crippen molar-refractivity contribution in [2.45, 2.75) is 31.4 Å². The van der Waals surface area contributed by atoms with E-state index in [1.807, 2.05) is 0 Å². The Kier molecular flexibility index (Phi) is 1.06. The summed E-state index contributed by atoms with van der Waals surface area (Å²) in [5.41, 5.74) is -1.06. The molecule has 1 aliphatic carbocycles. The van der Waals surface area contributed by atoms with Gasteiger partial charge in [-0.2, -0.15) is 0 Å². The monoisotopic (exact) mass is 101 g/mol. The molecule has 1 fully saturated rings. The summed E-state index contributed by atoms with van der Waals surface area (Å²) in [5.74, 6) is 0. The van der Waals surface area contributed by atoms with E-state index < -0.39 is 5.67 Å². The predicted octanol–water partition coefficient (Wildman–Crippen LogP) is 2.10. The average Bonchev–Trinajstić information content (AvgIpc) is 1.84. The number of rotatable bonds is 0. The molecule has 7 heavy (non-hydrogen) atoms. The fraction of sp³-hybridized carbons (Fsp3) is 0.833. The molecule has 0 nitrogen and oxygen atoms in total. The van der Waals surface area contributed by atoms with E-state index in [0.29, 0.717) is 12.8 Å². The molecule has 0 aliphatic heterocycles. The van der Waals surface area contributed by atoms with Gasteiger partial charge in [0, 0.05) is 0 Å². The van der Waals surface area contributed by atoms with Crippen LogP contribution in [-0.4, -0.2) is 5.67 Å². The molecular formula is C6H10F. The van der Waals surface area contributed by atoms with Crippen LogP contribution >= 0.6 is 0 Å². The first-order valence-corrected chi connectivity index (χ1v) is 2.75. The normalized spacial score (nSPS) is 28.3. The van der Waals surface area contributed by atoms with Crippen LogP contribution in [0.3, 0.4) is 0 Å². The second-order valence-electron chi connectivity index (χ2n) is 2.36. The van der Waals surface area contributed by atoms with Gasteiger partial charge >= 0.3 is 0 Å². The number of halogens is 1. The van der Waals surface area contributed by atoms with Gasteiger partial charge in [-0.1, -0.05) is 12.8 Å². The van der Waals surface area contributed by atoms with Gasteiger partial charge in [0.2, 0.25) is 0 Å². The van der Waals surface area contributed by atoms with Crippen molar-refractivity contribution in [3.63, 3.8) is 0 Å². The predicted molar refractivity (Wildman–Crippen MR) is 27.7 cm³/mol. The summed E-state index contributed by atoms with van der Waals surface area (Å²) < 4.78 is 12.5. The zero-order valence-electron chi connectivity index (χ0n) is 4.41. The molecule has 0 aromatic carbocycles. The first-order valence-electron chi connectivity index (χ1n) is 2.75. The zero-order valence-corrected chi connectivity index (χ0v) is 4.41. The molecule has 0 atom stereocenters. The Balaban J connectivity index is 2.40. The first kappa shape index (κ1) is 5.07. The van der Waals surface area contributed by atoms with Crippen LogP contribution in [0.4, 0.5) is 4.39 Å². The molecule has 1 radical (unpaired) electrons. The Hall–Kier alpha value is -0.0700. The van der Waals surface area contributed by atoms with E-state index in [0.717, 1.165) is 12.8 Å². The van der Waals surface area contributed by atoms with Crippen LogP contribution in [0.5, 0.6) is 0 Å². The Bertz CT molecular complexity index is 58.6. The van der Waals surface area contributed by atoms with Gasteiger partial charge in [0.25, 0.3) is 0 Å². The van der Waals surface area contributed by atoms with Crippen LogP contribution in [0.15, 0.2) is 0 Å². The van der Waals surface area contributed by atoms with Crippen molar-refractivity contribution >= 4 is 0 Å². The van der Waals surface area contributed by atoms with Crippen LogP contribution in [-0.2, 0) is 0 Å². The lowest BCUT2D eigenvalue weighted by Crippen LogP contribution is -2.10. The Morgan fingerprint density at radius 2 is 1.71 bits per heavy atom. The van der Waals surface area contributed by atoms with Gasteiger partial charge in [0.1, 0.15) is 5.67 Å². The summed E-state index contributed by atoms with van der Waals surface area (Å²) in [4.78, 5) is 0. The molecule has 0 aromatic rings. The molecule has 0 unspecified atom stereocenters. The van der Waals surface area contributed by atoms with Crippen molar-refractivity contribution in [2.75, 3.05) is 0 Å². The van der Waals surface area contributed by atoms with Crippen LogP contribution in [0.2, 0.25) is 0 Å². The van der Waals surface area contributed by atoms with Gasteiger partial charge in [0.05, 0.1) is 0 Å². The van der Waals surface area contributed by atoms with E-state index in [1.54, 1.807) is 0 Å². The summed E-state index contributed by atoms with van der Waals surface area (Å²) in [6, 6.07) is 0. The van der Waals surface area contributed by atoms with Crippen molar-refractivity contribution in [1.29, 1.82) is 0 Å². The summed E-state index contributed by atoms with van der Waals surface area (Å²) in [6.07, 6.45) is 3.40. The fourth-order valence-corrected chi connectivity index (χ4v) is 1.01. The second-order valence-corrected chi connectivity index (χ2v) is 2.36. The largest absolute Gasteiger partial charge is 0.244 e. The van der Waals surface area contributed by atoms with Gasteiger partial charge in [-0.15, -0.1) is 0 Å². The van der Waals surface area contributed by atoms with Gasteiger partial charge in [-0.3, -0.25) is 0 Å². The highest BCUT2D eigenvalue weighted by molar-refractivity contribution is 4.86. The average molecular weight is 101 g/mol. The van der Waals surface area contributed by atoms with Crippen LogP contribution < -0.4 is 0 Å². The minimum atomic E-state index is -1.06. The third kappa shape index (κ3) is 1.15. The summed E-state index contributed by atoms with van der Waals surface area (Å²) >= 11 is 0. The quantitative estimate of drug-likeness (QED) is 0.438. The standard InChI is InChI=1S/C6H10F/c1-6(7)4-2-3-5-6/h1-5H2. The van der Waals surface area contributed by atoms with Gasteiger partial charge < -0.3 is 0 Å². The number of hydrogen-bond donors (Lipinski definition) is 0. The number of hydrogen-bond acceptors (Lipinski definition) is 0. The summed E-state index contributed by atoms with van der Waals surface area (Å²) in [6.45, 7) is 3.40. The Labute approximate surface area is 43.7 Å². The summed E-state index contributed by atoms with van der Waals surface area (Å²) in [5, 5.41) is 0. The maximum atomic E-state index is 12.5. The van der Waals surface area contributed by atoms with Gasteiger partial charge in [0.15, 0.2) is 0 Å². The maximum Gasteiger partial charge on any atom is 0.111 e. The lowest BCUT2D eigenvalue weighted by atomic mass is 10.1. The molecule has 0 spiro atoms. The molecule has 0 N–H and O–H groups in total. The molecule has 0 amide bonds. The van der Waals surface area contributed by atoms with Crippen LogP contribution in [0, 0.1) is 6.92 Å². The van der Waals surface area contributed by atoms with E-state index in [2.05, 4.69) is 6.92 Å².